The van der Waals surface area contributed by atoms with Crippen LogP contribution in [0, 0.1) is 28.1 Å². The minimum atomic E-state index is -3.62. The topological polar surface area (TPSA) is 93.8 Å². The summed E-state index contributed by atoms with van der Waals surface area (Å²) in [5.41, 5.74) is -0.762. The molecule has 1 atom stereocenters. The van der Waals surface area contributed by atoms with E-state index in [0.29, 0.717) is 0 Å². The molecule has 1 N–H and O–H groups in total. The average Bonchev–Trinajstić information content (AvgIpc) is 2.14. The third kappa shape index (κ3) is 3.73. The highest BCUT2D eigenvalue weighted by Gasteiger charge is 2.24. The zero-order valence-corrected chi connectivity index (χ0v) is 9.22. The molecule has 0 bridgehead atoms. The van der Waals surface area contributed by atoms with Crippen molar-refractivity contribution in [3.05, 3.63) is 0 Å². The van der Waals surface area contributed by atoms with Crippen molar-refractivity contribution in [3.8, 4) is 12.1 Å². The molecule has 0 saturated heterocycles. The Labute approximate surface area is 84.4 Å². The minimum Gasteiger partial charge on any atom is -0.213 e. The molecule has 0 fully saturated rings. The van der Waals surface area contributed by atoms with Gasteiger partial charge < -0.3 is 0 Å². The number of rotatable bonds is 4. The maximum absolute atomic E-state index is 11.3. The van der Waals surface area contributed by atoms with E-state index in [1.54, 1.807) is 19.9 Å². The summed E-state index contributed by atoms with van der Waals surface area (Å²) in [5, 5.41) is 16.0. The third-order valence-electron chi connectivity index (χ3n) is 1.67. The van der Waals surface area contributed by atoms with E-state index in [1.807, 2.05) is 6.07 Å². The molecule has 0 aromatic rings. The Morgan fingerprint density at radius 1 is 1.43 bits per heavy atom. The zero-order chi connectivity index (χ0) is 11.4. The summed E-state index contributed by atoms with van der Waals surface area (Å²) < 4.78 is 24.8. The molecule has 0 heterocycles. The highest BCUT2D eigenvalue weighted by Crippen LogP contribution is 2.11. The standard InChI is InChI=1S/C8H13N3O2S/c1-7(4-9)14(12,13)11-6-8(2,3)5-10/h7,11H,6H2,1-3H3. The summed E-state index contributed by atoms with van der Waals surface area (Å²) in [6.07, 6.45) is 0. The Balaban J connectivity index is 4.46. The molecule has 0 spiro atoms. The highest BCUT2D eigenvalue weighted by atomic mass is 32.2. The monoisotopic (exact) mass is 215 g/mol. The van der Waals surface area contributed by atoms with Crippen LogP contribution < -0.4 is 4.72 Å². The van der Waals surface area contributed by atoms with Crippen LogP contribution in [-0.4, -0.2) is 20.2 Å². The summed E-state index contributed by atoms with van der Waals surface area (Å²) in [6, 6.07) is 3.59. The first kappa shape index (κ1) is 12.9. The van der Waals surface area contributed by atoms with Crippen molar-refractivity contribution < 1.29 is 8.42 Å². The Hall–Kier alpha value is -1.11. The van der Waals surface area contributed by atoms with Crippen LogP contribution in [0.15, 0.2) is 0 Å². The number of nitrogens with zero attached hydrogens (tertiary/aromatic N) is 2. The van der Waals surface area contributed by atoms with E-state index in [1.165, 1.54) is 6.92 Å². The average molecular weight is 215 g/mol. The lowest BCUT2D eigenvalue weighted by atomic mass is 9.97. The lowest BCUT2D eigenvalue weighted by Crippen LogP contribution is -2.37. The van der Waals surface area contributed by atoms with Gasteiger partial charge in [-0.2, -0.15) is 10.5 Å². The second kappa shape index (κ2) is 4.41. The van der Waals surface area contributed by atoms with Crippen LogP contribution >= 0.6 is 0 Å². The zero-order valence-electron chi connectivity index (χ0n) is 8.40. The molecule has 0 aliphatic carbocycles. The summed E-state index contributed by atoms with van der Waals surface area (Å²) in [6.45, 7) is 4.54. The largest absolute Gasteiger partial charge is 0.227 e. The van der Waals surface area contributed by atoms with Crippen LogP contribution in [0.3, 0.4) is 0 Å². The smallest absolute Gasteiger partial charge is 0.213 e. The predicted molar refractivity (Wildman–Crippen MR) is 51.4 cm³/mol. The quantitative estimate of drug-likeness (QED) is 0.733. The molecule has 0 aromatic heterocycles. The van der Waals surface area contributed by atoms with Gasteiger partial charge in [0.05, 0.1) is 17.6 Å². The second-order valence-electron chi connectivity index (χ2n) is 3.63. The van der Waals surface area contributed by atoms with Crippen LogP contribution in [0.25, 0.3) is 0 Å². The summed E-state index contributed by atoms with van der Waals surface area (Å²) in [5.74, 6) is 0. The summed E-state index contributed by atoms with van der Waals surface area (Å²) in [7, 11) is -3.62. The Kier molecular flexibility index (Phi) is 4.06. The van der Waals surface area contributed by atoms with Gasteiger partial charge in [0.1, 0.15) is 0 Å². The predicted octanol–water partition coefficient (Wildman–Crippen LogP) is 0.368. The lowest BCUT2D eigenvalue weighted by molar-refractivity contribution is 0.478. The van der Waals surface area contributed by atoms with Crippen LogP contribution in [0.4, 0.5) is 0 Å². The van der Waals surface area contributed by atoms with Gasteiger partial charge in [-0.15, -0.1) is 0 Å². The van der Waals surface area contributed by atoms with Crippen LogP contribution in [-0.2, 0) is 10.0 Å². The van der Waals surface area contributed by atoms with Crippen molar-refractivity contribution in [3.63, 3.8) is 0 Å². The molecule has 14 heavy (non-hydrogen) atoms. The van der Waals surface area contributed by atoms with Crippen molar-refractivity contribution in [1.82, 2.24) is 4.72 Å². The highest BCUT2D eigenvalue weighted by molar-refractivity contribution is 7.90. The number of sulfonamides is 1. The number of nitriles is 2. The number of hydrogen-bond donors (Lipinski definition) is 1. The van der Waals surface area contributed by atoms with Gasteiger partial charge in [0, 0.05) is 6.54 Å². The molecule has 0 amide bonds. The van der Waals surface area contributed by atoms with E-state index in [4.69, 9.17) is 10.5 Å². The third-order valence-corrected chi connectivity index (χ3v) is 3.25. The molecule has 0 aromatic carbocycles. The molecule has 0 radical (unpaired) electrons. The van der Waals surface area contributed by atoms with E-state index >= 15 is 0 Å². The van der Waals surface area contributed by atoms with E-state index < -0.39 is 20.7 Å². The van der Waals surface area contributed by atoms with Gasteiger partial charge in [0.2, 0.25) is 10.0 Å². The molecule has 78 valence electrons. The first-order chi connectivity index (χ1) is 6.25. The van der Waals surface area contributed by atoms with Crippen molar-refractivity contribution >= 4 is 10.0 Å². The number of nitrogens with one attached hydrogen (secondary N) is 1. The second-order valence-corrected chi connectivity index (χ2v) is 5.72. The van der Waals surface area contributed by atoms with Crippen molar-refractivity contribution in [2.75, 3.05) is 6.54 Å². The first-order valence-electron chi connectivity index (χ1n) is 4.04. The van der Waals surface area contributed by atoms with Gasteiger partial charge in [-0.25, -0.2) is 13.1 Å². The molecule has 0 aliphatic heterocycles. The van der Waals surface area contributed by atoms with Crippen molar-refractivity contribution in [1.29, 1.82) is 10.5 Å². The first-order valence-corrected chi connectivity index (χ1v) is 5.59. The fourth-order valence-corrected chi connectivity index (χ4v) is 1.47. The minimum absolute atomic E-state index is 0.0118. The maximum atomic E-state index is 11.3. The molecular formula is C8H13N3O2S. The molecule has 6 heteroatoms. The normalized spacial score (nSPS) is 14.1. The van der Waals surface area contributed by atoms with Crippen LogP contribution in [0.2, 0.25) is 0 Å². The van der Waals surface area contributed by atoms with Gasteiger partial charge >= 0.3 is 0 Å². The Morgan fingerprint density at radius 3 is 2.29 bits per heavy atom. The SMILES string of the molecule is CC(C#N)S(=O)(=O)NCC(C)(C)C#N. The van der Waals surface area contributed by atoms with Crippen molar-refractivity contribution in [2.24, 2.45) is 5.41 Å². The molecule has 0 saturated carbocycles. The summed E-state index contributed by atoms with van der Waals surface area (Å²) in [4.78, 5) is 0. The summed E-state index contributed by atoms with van der Waals surface area (Å²) >= 11 is 0. The van der Waals surface area contributed by atoms with Gasteiger partial charge in [0.25, 0.3) is 0 Å². The lowest BCUT2D eigenvalue weighted by Gasteiger charge is -2.16. The van der Waals surface area contributed by atoms with Gasteiger partial charge in [0.15, 0.2) is 5.25 Å². The Bertz CT molecular complexity index is 372. The van der Waals surface area contributed by atoms with Gasteiger partial charge in [-0.1, -0.05) is 0 Å². The van der Waals surface area contributed by atoms with E-state index in [0.717, 1.165) is 0 Å². The van der Waals surface area contributed by atoms with Gasteiger partial charge in [-0.05, 0) is 20.8 Å². The Morgan fingerprint density at radius 2 is 1.93 bits per heavy atom. The molecule has 5 nitrogen and oxygen atoms in total. The van der Waals surface area contributed by atoms with E-state index in [9.17, 15) is 8.42 Å². The fourth-order valence-electron chi connectivity index (χ4n) is 0.515. The molecule has 0 aliphatic rings. The van der Waals surface area contributed by atoms with Crippen LogP contribution in [0.1, 0.15) is 20.8 Å². The fraction of sp³-hybridized carbons (Fsp3) is 0.750. The van der Waals surface area contributed by atoms with E-state index in [2.05, 4.69) is 4.72 Å². The maximum Gasteiger partial charge on any atom is 0.227 e. The van der Waals surface area contributed by atoms with Crippen molar-refractivity contribution in [2.45, 2.75) is 26.0 Å². The number of hydrogen-bond acceptors (Lipinski definition) is 4. The molecular weight excluding hydrogens is 202 g/mol. The van der Waals surface area contributed by atoms with Gasteiger partial charge in [-0.3, -0.25) is 0 Å². The molecule has 1 unspecified atom stereocenters. The molecule has 0 rings (SSSR count). The van der Waals surface area contributed by atoms with E-state index in [-0.39, 0.29) is 6.54 Å². The van der Waals surface area contributed by atoms with Crippen LogP contribution in [0.5, 0.6) is 0 Å².